The van der Waals surface area contributed by atoms with Gasteiger partial charge in [-0.2, -0.15) is 0 Å². The normalized spacial score (nSPS) is 13.4. The van der Waals surface area contributed by atoms with E-state index in [1.165, 1.54) is 0 Å². The highest BCUT2D eigenvalue weighted by molar-refractivity contribution is 4.72. The Labute approximate surface area is 81.2 Å². The first kappa shape index (κ1) is 12.9. The SMILES string of the molecule is CC(C)(O)CCNCC(C)(C)CO. The highest BCUT2D eigenvalue weighted by Crippen LogP contribution is 2.11. The van der Waals surface area contributed by atoms with E-state index in [9.17, 15) is 5.11 Å². The fourth-order valence-electron chi connectivity index (χ4n) is 0.877. The highest BCUT2D eigenvalue weighted by atomic mass is 16.3. The van der Waals surface area contributed by atoms with Crippen LogP contribution in [-0.4, -0.2) is 35.5 Å². The van der Waals surface area contributed by atoms with Gasteiger partial charge in [0.2, 0.25) is 0 Å². The Balaban J connectivity index is 3.47. The van der Waals surface area contributed by atoms with Crippen molar-refractivity contribution in [1.29, 1.82) is 0 Å². The largest absolute Gasteiger partial charge is 0.396 e. The molecule has 0 atom stereocenters. The van der Waals surface area contributed by atoms with Crippen molar-refractivity contribution < 1.29 is 10.2 Å². The number of nitrogens with one attached hydrogen (secondary N) is 1. The second-order valence-corrected chi connectivity index (χ2v) is 5.06. The van der Waals surface area contributed by atoms with Crippen molar-refractivity contribution in [2.24, 2.45) is 5.41 Å². The van der Waals surface area contributed by atoms with Crippen LogP contribution in [0.15, 0.2) is 0 Å². The molecular formula is C10H23NO2. The Morgan fingerprint density at radius 2 is 1.69 bits per heavy atom. The summed E-state index contributed by atoms with van der Waals surface area (Å²) in [6, 6.07) is 0. The molecule has 0 aliphatic rings. The zero-order chi connectivity index (χ0) is 10.5. The maximum atomic E-state index is 9.41. The molecule has 0 unspecified atom stereocenters. The molecular weight excluding hydrogens is 166 g/mol. The van der Waals surface area contributed by atoms with Gasteiger partial charge < -0.3 is 15.5 Å². The summed E-state index contributed by atoms with van der Waals surface area (Å²) in [6.07, 6.45) is 0.731. The van der Waals surface area contributed by atoms with E-state index in [0.29, 0.717) is 0 Å². The number of aliphatic hydroxyl groups is 2. The minimum Gasteiger partial charge on any atom is -0.396 e. The molecule has 3 heteroatoms. The molecule has 0 aliphatic heterocycles. The van der Waals surface area contributed by atoms with Crippen LogP contribution >= 0.6 is 0 Å². The van der Waals surface area contributed by atoms with Crippen LogP contribution in [-0.2, 0) is 0 Å². The van der Waals surface area contributed by atoms with Gasteiger partial charge in [0.15, 0.2) is 0 Å². The molecule has 0 spiro atoms. The van der Waals surface area contributed by atoms with Crippen LogP contribution in [0.2, 0.25) is 0 Å². The third-order valence-corrected chi connectivity index (χ3v) is 1.95. The maximum absolute atomic E-state index is 9.41. The first-order valence-electron chi connectivity index (χ1n) is 4.81. The lowest BCUT2D eigenvalue weighted by Crippen LogP contribution is -2.35. The van der Waals surface area contributed by atoms with Crippen LogP contribution in [0.4, 0.5) is 0 Å². The van der Waals surface area contributed by atoms with E-state index in [4.69, 9.17) is 5.11 Å². The van der Waals surface area contributed by atoms with Gasteiger partial charge in [-0.05, 0) is 26.8 Å². The molecule has 0 aliphatic carbocycles. The molecule has 0 fully saturated rings. The summed E-state index contributed by atoms with van der Waals surface area (Å²) in [5.41, 5.74) is -0.671. The molecule has 0 aromatic carbocycles. The van der Waals surface area contributed by atoms with Crippen molar-refractivity contribution in [3.8, 4) is 0 Å². The predicted molar refractivity (Wildman–Crippen MR) is 54.7 cm³/mol. The molecule has 3 N–H and O–H groups in total. The van der Waals surface area contributed by atoms with Crippen molar-refractivity contribution in [3.05, 3.63) is 0 Å². The van der Waals surface area contributed by atoms with Crippen LogP contribution in [0.1, 0.15) is 34.1 Å². The Morgan fingerprint density at radius 1 is 1.15 bits per heavy atom. The van der Waals surface area contributed by atoms with Gasteiger partial charge in [-0.3, -0.25) is 0 Å². The molecule has 0 heterocycles. The lowest BCUT2D eigenvalue weighted by atomic mass is 9.95. The molecule has 80 valence electrons. The van der Waals surface area contributed by atoms with E-state index < -0.39 is 5.60 Å². The standard InChI is InChI=1S/C10H23NO2/c1-9(2,8-12)7-11-6-5-10(3,4)13/h11-13H,5-8H2,1-4H3. The Bertz CT molecular complexity index is 138. The summed E-state index contributed by atoms with van der Waals surface area (Å²) >= 11 is 0. The summed E-state index contributed by atoms with van der Waals surface area (Å²) in [7, 11) is 0. The minimum absolute atomic E-state index is 0.0698. The van der Waals surface area contributed by atoms with E-state index in [1.807, 2.05) is 13.8 Å². The zero-order valence-corrected chi connectivity index (χ0v) is 9.22. The smallest absolute Gasteiger partial charge is 0.0603 e. The van der Waals surface area contributed by atoms with Gasteiger partial charge in [0.25, 0.3) is 0 Å². The summed E-state index contributed by atoms with van der Waals surface area (Å²) < 4.78 is 0. The molecule has 0 radical (unpaired) electrons. The predicted octanol–water partition coefficient (Wildman–Crippen LogP) is 0.756. The number of aliphatic hydroxyl groups excluding tert-OH is 1. The van der Waals surface area contributed by atoms with Gasteiger partial charge in [0.05, 0.1) is 5.60 Å². The Hall–Kier alpha value is -0.120. The molecule has 0 amide bonds. The zero-order valence-electron chi connectivity index (χ0n) is 9.22. The minimum atomic E-state index is -0.601. The average Bonchev–Trinajstić information content (AvgIpc) is 1.97. The van der Waals surface area contributed by atoms with Crippen LogP contribution < -0.4 is 5.32 Å². The molecule has 0 rings (SSSR count). The number of hydrogen-bond acceptors (Lipinski definition) is 3. The highest BCUT2D eigenvalue weighted by Gasteiger charge is 2.16. The van der Waals surface area contributed by atoms with Gasteiger partial charge in [-0.1, -0.05) is 13.8 Å². The fraction of sp³-hybridized carbons (Fsp3) is 1.00. The fourth-order valence-corrected chi connectivity index (χ4v) is 0.877. The first-order chi connectivity index (χ1) is 5.77. The van der Waals surface area contributed by atoms with E-state index in [1.54, 1.807) is 13.8 Å². The molecule has 13 heavy (non-hydrogen) atoms. The summed E-state index contributed by atoms with van der Waals surface area (Å²) in [5.74, 6) is 0. The van der Waals surface area contributed by atoms with Gasteiger partial charge in [-0.25, -0.2) is 0 Å². The van der Waals surface area contributed by atoms with E-state index in [0.717, 1.165) is 19.5 Å². The van der Waals surface area contributed by atoms with Crippen molar-refractivity contribution in [2.45, 2.75) is 39.7 Å². The van der Waals surface area contributed by atoms with E-state index >= 15 is 0 Å². The molecule has 0 aromatic heterocycles. The van der Waals surface area contributed by atoms with Gasteiger partial charge >= 0.3 is 0 Å². The van der Waals surface area contributed by atoms with Gasteiger partial charge in [0.1, 0.15) is 0 Å². The number of rotatable bonds is 6. The van der Waals surface area contributed by atoms with Crippen molar-refractivity contribution in [1.82, 2.24) is 5.32 Å². The van der Waals surface area contributed by atoms with Crippen LogP contribution in [0.3, 0.4) is 0 Å². The Kier molecular flexibility index (Phi) is 4.89. The monoisotopic (exact) mass is 189 g/mol. The topological polar surface area (TPSA) is 52.5 Å². The summed E-state index contributed by atoms with van der Waals surface area (Å²) in [4.78, 5) is 0. The lowest BCUT2D eigenvalue weighted by Gasteiger charge is -2.23. The molecule has 0 aromatic rings. The van der Waals surface area contributed by atoms with Crippen LogP contribution in [0, 0.1) is 5.41 Å². The summed E-state index contributed by atoms with van der Waals surface area (Å²) in [5, 5.41) is 21.6. The quantitative estimate of drug-likeness (QED) is 0.541. The second-order valence-electron chi connectivity index (χ2n) is 5.06. The van der Waals surface area contributed by atoms with Gasteiger partial charge in [-0.15, -0.1) is 0 Å². The molecule has 0 saturated heterocycles. The third kappa shape index (κ3) is 8.22. The maximum Gasteiger partial charge on any atom is 0.0603 e. The third-order valence-electron chi connectivity index (χ3n) is 1.95. The Morgan fingerprint density at radius 3 is 2.08 bits per heavy atom. The van der Waals surface area contributed by atoms with Crippen LogP contribution in [0.25, 0.3) is 0 Å². The lowest BCUT2D eigenvalue weighted by molar-refractivity contribution is 0.0694. The van der Waals surface area contributed by atoms with E-state index in [-0.39, 0.29) is 12.0 Å². The second kappa shape index (κ2) is 4.94. The van der Waals surface area contributed by atoms with Crippen LogP contribution in [0.5, 0.6) is 0 Å². The average molecular weight is 189 g/mol. The molecule has 3 nitrogen and oxygen atoms in total. The van der Waals surface area contributed by atoms with Gasteiger partial charge in [0, 0.05) is 18.6 Å². The van der Waals surface area contributed by atoms with Crippen molar-refractivity contribution in [2.75, 3.05) is 19.7 Å². The molecule has 0 saturated carbocycles. The van der Waals surface area contributed by atoms with Crippen molar-refractivity contribution in [3.63, 3.8) is 0 Å². The first-order valence-corrected chi connectivity index (χ1v) is 4.81. The summed E-state index contributed by atoms with van der Waals surface area (Å²) in [6.45, 7) is 9.35. The van der Waals surface area contributed by atoms with E-state index in [2.05, 4.69) is 5.32 Å². The number of hydrogen-bond donors (Lipinski definition) is 3. The molecule has 0 bridgehead atoms. The van der Waals surface area contributed by atoms with Crippen molar-refractivity contribution >= 4 is 0 Å².